The zero-order valence-electron chi connectivity index (χ0n) is 7.60. The van der Waals surface area contributed by atoms with E-state index >= 15 is 0 Å². The Kier molecular flexibility index (Phi) is 3.08. The molecular formula is C9H8F3N3. The lowest BCUT2D eigenvalue weighted by atomic mass is 10.2. The van der Waals surface area contributed by atoms with Gasteiger partial charge in [-0.3, -0.25) is 5.41 Å². The molecule has 0 aliphatic carbocycles. The van der Waals surface area contributed by atoms with Crippen LogP contribution in [-0.4, -0.2) is 12.7 Å². The Labute approximate surface area is 84.2 Å². The quantitative estimate of drug-likeness (QED) is 0.549. The molecule has 0 radical (unpaired) electrons. The maximum Gasteiger partial charge on any atom is 0.416 e. The topological polar surface area (TPSA) is 48.2 Å². The molecule has 0 unspecified atom stereocenters. The van der Waals surface area contributed by atoms with Crippen LogP contribution in [0.3, 0.4) is 0 Å². The van der Waals surface area contributed by atoms with Crippen molar-refractivity contribution in [1.29, 1.82) is 5.41 Å². The van der Waals surface area contributed by atoms with Crippen LogP contribution < -0.4 is 5.32 Å². The monoisotopic (exact) mass is 215 g/mol. The summed E-state index contributed by atoms with van der Waals surface area (Å²) in [6.45, 7) is 3.07. The van der Waals surface area contributed by atoms with E-state index in [1.54, 1.807) is 0 Å². The maximum atomic E-state index is 12.3. The van der Waals surface area contributed by atoms with Gasteiger partial charge in [0, 0.05) is 5.69 Å². The van der Waals surface area contributed by atoms with E-state index in [4.69, 9.17) is 5.41 Å². The van der Waals surface area contributed by atoms with Crippen molar-refractivity contribution in [2.75, 3.05) is 5.32 Å². The molecule has 0 spiro atoms. The van der Waals surface area contributed by atoms with Gasteiger partial charge in [0.1, 0.15) is 0 Å². The Balaban J connectivity index is 2.93. The molecule has 0 aliphatic rings. The van der Waals surface area contributed by atoms with E-state index < -0.39 is 11.7 Å². The molecule has 80 valence electrons. The van der Waals surface area contributed by atoms with Crippen molar-refractivity contribution < 1.29 is 13.2 Å². The van der Waals surface area contributed by atoms with Crippen LogP contribution in [0.2, 0.25) is 0 Å². The Morgan fingerprint density at radius 1 is 1.40 bits per heavy atom. The van der Waals surface area contributed by atoms with Gasteiger partial charge in [-0.2, -0.15) is 13.2 Å². The van der Waals surface area contributed by atoms with Gasteiger partial charge in [-0.15, -0.1) is 0 Å². The van der Waals surface area contributed by atoms with E-state index in [-0.39, 0.29) is 11.6 Å². The highest BCUT2D eigenvalue weighted by Gasteiger charge is 2.30. The van der Waals surface area contributed by atoms with E-state index in [2.05, 4.69) is 17.0 Å². The van der Waals surface area contributed by atoms with Gasteiger partial charge in [0.25, 0.3) is 0 Å². The average molecular weight is 215 g/mol. The van der Waals surface area contributed by atoms with Gasteiger partial charge in [-0.25, -0.2) is 4.99 Å². The van der Waals surface area contributed by atoms with E-state index in [0.717, 1.165) is 12.1 Å². The number of hydrogen-bond donors (Lipinski definition) is 2. The SMILES string of the molecule is C=NC(=N)Nc1cccc(C(F)(F)F)c1. The molecule has 0 amide bonds. The number of benzene rings is 1. The number of hydrogen-bond acceptors (Lipinski definition) is 1. The molecule has 1 rings (SSSR count). The lowest BCUT2D eigenvalue weighted by molar-refractivity contribution is -0.137. The van der Waals surface area contributed by atoms with Crippen LogP contribution in [0.25, 0.3) is 0 Å². The Morgan fingerprint density at radius 3 is 2.60 bits per heavy atom. The minimum absolute atomic E-state index is 0.155. The molecule has 0 aromatic heterocycles. The third-order valence-electron chi connectivity index (χ3n) is 1.61. The normalized spacial score (nSPS) is 10.9. The second-order valence-electron chi connectivity index (χ2n) is 2.71. The number of rotatable bonds is 1. The summed E-state index contributed by atoms with van der Waals surface area (Å²) >= 11 is 0. The van der Waals surface area contributed by atoms with Crippen molar-refractivity contribution in [3.63, 3.8) is 0 Å². The molecule has 6 heteroatoms. The third-order valence-corrected chi connectivity index (χ3v) is 1.61. The fraction of sp³-hybridized carbons (Fsp3) is 0.111. The summed E-state index contributed by atoms with van der Waals surface area (Å²) in [5, 5.41) is 9.44. The molecule has 0 saturated carbocycles. The van der Waals surface area contributed by atoms with E-state index in [9.17, 15) is 13.2 Å². The molecule has 0 atom stereocenters. The van der Waals surface area contributed by atoms with E-state index in [1.165, 1.54) is 12.1 Å². The van der Waals surface area contributed by atoms with Gasteiger partial charge in [-0.05, 0) is 24.9 Å². The van der Waals surface area contributed by atoms with Gasteiger partial charge in [0.15, 0.2) is 0 Å². The summed E-state index contributed by atoms with van der Waals surface area (Å²) in [6.07, 6.45) is -4.39. The minimum Gasteiger partial charge on any atom is -0.325 e. The Hall–Kier alpha value is -1.85. The molecule has 0 aliphatic heterocycles. The van der Waals surface area contributed by atoms with Crippen molar-refractivity contribution in [1.82, 2.24) is 0 Å². The molecule has 15 heavy (non-hydrogen) atoms. The van der Waals surface area contributed by atoms with Crippen LogP contribution in [0.1, 0.15) is 5.56 Å². The average Bonchev–Trinajstić information content (AvgIpc) is 2.17. The predicted molar refractivity (Wildman–Crippen MR) is 52.3 cm³/mol. The molecule has 2 N–H and O–H groups in total. The summed E-state index contributed by atoms with van der Waals surface area (Å²) in [5.74, 6) is -0.297. The van der Waals surface area contributed by atoms with Crippen molar-refractivity contribution >= 4 is 18.4 Å². The second-order valence-corrected chi connectivity index (χ2v) is 2.71. The molecule has 3 nitrogen and oxygen atoms in total. The van der Waals surface area contributed by atoms with Crippen molar-refractivity contribution in [2.45, 2.75) is 6.18 Å². The number of alkyl halides is 3. The predicted octanol–water partition coefficient (Wildman–Crippen LogP) is 2.75. The first-order valence-corrected chi connectivity index (χ1v) is 3.93. The fourth-order valence-electron chi connectivity index (χ4n) is 0.950. The lowest BCUT2D eigenvalue weighted by Gasteiger charge is -2.09. The maximum absolute atomic E-state index is 12.3. The summed E-state index contributed by atoms with van der Waals surface area (Å²) in [6, 6.07) is 4.52. The first kappa shape index (κ1) is 11.2. The van der Waals surface area contributed by atoms with Crippen LogP contribution in [0.5, 0.6) is 0 Å². The largest absolute Gasteiger partial charge is 0.416 e. The molecular weight excluding hydrogens is 207 g/mol. The molecule has 0 fully saturated rings. The van der Waals surface area contributed by atoms with Gasteiger partial charge in [0.05, 0.1) is 5.56 Å². The first-order chi connectivity index (χ1) is 6.93. The number of halogens is 3. The summed E-state index contributed by atoms with van der Waals surface area (Å²) in [4.78, 5) is 3.22. The van der Waals surface area contributed by atoms with Gasteiger partial charge in [-0.1, -0.05) is 6.07 Å². The number of nitrogens with one attached hydrogen (secondary N) is 2. The van der Waals surface area contributed by atoms with Crippen LogP contribution in [0.4, 0.5) is 18.9 Å². The van der Waals surface area contributed by atoms with E-state index in [0.29, 0.717) is 0 Å². The van der Waals surface area contributed by atoms with Crippen molar-refractivity contribution in [3.05, 3.63) is 29.8 Å². The molecule has 0 bridgehead atoms. The lowest BCUT2D eigenvalue weighted by Crippen LogP contribution is -2.09. The molecule has 1 aromatic rings. The summed E-state index contributed by atoms with van der Waals surface area (Å²) in [7, 11) is 0. The smallest absolute Gasteiger partial charge is 0.325 e. The van der Waals surface area contributed by atoms with Crippen molar-refractivity contribution in [2.24, 2.45) is 4.99 Å². The summed E-state index contributed by atoms with van der Waals surface area (Å²) < 4.78 is 36.8. The molecule has 1 aromatic carbocycles. The summed E-state index contributed by atoms with van der Waals surface area (Å²) in [5.41, 5.74) is -0.619. The Morgan fingerprint density at radius 2 is 2.07 bits per heavy atom. The first-order valence-electron chi connectivity index (χ1n) is 3.93. The number of anilines is 1. The van der Waals surface area contributed by atoms with Crippen molar-refractivity contribution in [3.8, 4) is 0 Å². The van der Waals surface area contributed by atoms with Crippen LogP contribution in [0, 0.1) is 5.41 Å². The number of nitrogens with zero attached hydrogens (tertiary/aromatic N) is 1. The Bertz CT molecular complexity index is 384. The van der Waals surface area contributed by atoms with E-state index in [1.807, 2.05) is 0 Å². The van der Waals surface area contributed by atoms with Gasteiger partial charge in [0.2, 0.25) is 5.96 Å². The molecule has 0 saturated heterocycles. The van der Waals surface area contributed by atoms with Crippen LogP contribution >= 0.6 is 0 Å². The number of aliphatic imine (C=N–C) groups is 1. The molecule has 0 heterocycles. The zero-order chi connectivity index (χ0) is 11.5. The number of guanidine groups is 1. The fourth-order valence-corrected chi connectivity index (χ4v) is 0.950. The highest BCUT2D eigenvalue weighted by Crippen LogP contribution is 2.30. The zero-order valence-corrected chi connectivity index (χ0v) is 7.60. The van der Waals surface area contributed by atoms with Gasteiger partial charge >= 0.3 is 6.18 Å². The minimum atomic E-state index is -4.39. The third kappa shape index (κ3) is 3.08. The second kappa shape index (κ2) is 4.12. The van der Waals surface area contributed by atoms with Crippen LogP contribution in [0.15, 0.2) is 29.3 Å². The standard InChI is InChI=1S/C9H8F3N3/c1-14-8(13)15-7-4-2-3-6(5-7)9(10,11)12/h2-5H,1H2,(H2,13,15). The van der Waals surface area contributed by atoms with Crippen LogP contribution in [-0.2, 0) is 6.18 Å². The highest BCUT2D eigenvalue weighted by molar-refractivity contribution is 5.94. The van der Waals surface area contributed by atoms with Gasteiger partial charge < -0.3 is 5.32 Å². The highest BCUT2D eigenvalue weighted by atomic mass is 19.4.